The number of oxime groups is 1. The van der Waals surface area contributed by atoms with Gasteiger partial charge in [-0.3, -0.25) is 4.94 Å². The third kappa shape index (κ3) is 1.68. The molecule has 0 fully saturated rings. The van der Waals surface area contributed by atoms with Crippen LogP contribution in [0.25, 0.3) is 0 Å². The molecule has 0 radical (unpaired) electrons. The van der Waals surface area contributed by atoms with Crippen LogP contribution in [0, 0.1) is 0 Å². The number of anilines is 1. The van der Waals surface area contributed by atoms with Crippen molar-refractivity contribution in [1.29, 1.82) is 0 Å². The van der Waals surface area contributed by atoms with E-state index >= 15 is 0 Å². The maximum absolute atomic E-state index is 4.97. The third-order valence-electron chi connectivity index (χ3n) is 2.12. The molecule has 1 aromatic rings. The summed E-state index contributed by atoms with van der Waals surface area (Å²) < 4.78 is 0. The molecule has 0 aromatic heterocycles. The smallest absolute Gasteiger partial charge is 0.0933 e. The van der Waals surface area contributed by atoms with Crippen molar-refractivity contribution in [1.82, 2.24) is 5.59 Å². The molecule has 74 valence electrons. The monoisotopic (exact) mass is 192 g/mol. The zero-order valence-electron chi connectivity index (χ0n) is 7.66. The molecule has 1 aliphatic heterocycles. The Balaban J connectivity index is 2.31. The van der Waals surface area contributed by atoms with Gasteiger partial charge in [-0.15, -0.1) is 0 Å². The molecule has 5 heteroatoms. The Morgan fingerprint density at radius 2 is 2.29 bits per heavy atom. The Hall–Kier alpha value is -1.59. The molecule has 0 aliphatic carbocycles. The predicted molar refractivity (Wildman–Crippen MR) is 54.5 cm³/mol. The number of nitrogens with one attached hydrogen (secondary N) is 2. The fraction of sp³-hybridized carbons (Fsp3) is 0.222. The lowest BCUT2D eigenvalue weighted by Gasteiger charge is -2.18. The minimum Gasteiger partial charge on any atom is -0.384 e. The van der Waals surface area contributed by atoms with Crippen molar-refractivity contribution in [2.75, 3.05) is 11.9 Å². The van der Waals surface area contributed by atoms with Crippen LogP contribution in [-0.2, 0) is 4.94 Å². The Morgan fingerprint density at radius 1 is 1.43 bits per heavy atom. The van der Waals surface area contributed by atoms with Crippen molar-refractivity contribution < 1.29 is 4.94 Å². The van der Waals surface area contributed by atoms with E-state index < -0.39 is 0 Å². The van der Waals surface area contributed by atoms with Crippen molar-refractivity contribution >= 4 is 11.4 Å². The number of fused-ring (bicyclic) bond motifs is 1. The van der Waals surface area contributed by atoms with Gasteiger partial charge in [0.05, 0.1) is 5.71 Å². The highest BCUT2D eigenvalue weighted by atomic mass is 16.8. The van der Waals surface area contributed by atoms with E-state index in [1.165, 1.54) is 0 Å². The Kier molecular flexibility index (Phi) is 2.62. The van der Waals surface area contributed by atoms with E-state index in [2.05, 4.69) is 15.4 Å². The Bertz CT molecular complexity index is 350. The van der Waals surface area contributed by atoms with E-state index in [9.17, 15) is 0 Å². The first-order chi connectivity index (χ1) is 6.92. The molecular formula is C9H12N4O. The molecule has 1 heterocycles. The number of hydrazine groups is 1. The van der Waals surface area contributed by atoms with Crippen LogP contribution in [0.2, 0.25) is 0 Å². The lowest BCUT2D eigenvalue weighted by Crippen LogP contribution is -2.23. The number of hydrogen-bond donors (Lipinski definition) is 3. The van der Waals surface area contributed by atoms with Gasteiger partial charge in [0.25, 0.3) is 0 Å². The molecule has 4 N–H and O–H groups in total. The highest BCUT2D eigenvalue weighted by Crippen LogP contribution is 2.21. The van der Waals surface area contributed by atoms with Crippen LogP contribution < -0.4 is 16.7 Å². The van der Waals surface area contributed by atoms with Gasteiger partial charge < -0.3 is 5.32 Å². The summed E-state index contributed by atoms with van der Waals surface area (Å²) in [6.07, 6.45) is 0.832. The van der Waals surface area contributed by atoms with Gasteiger partial charge in [0, 0.05) is 24.2 Å². The SMILES string of the molecule is NNO/N=C1\CCNc2ccccc21. The number of para-hydroxylation sites is 1. The van der Waals surface area contributed by atoms with Gasteiger partial charge in [-0.1, -0.05) is 28.9 Å². The molecule has 0 atom stereocenters. The third-order valence-corrected chi connectivity index (χ3v) is 2.12. The Morgan fingerprint density at radius 3 is 3.14 bits per heavy atom. The maximum atomic E-state index is 4.97. The zero-order valence-corrected chi connectivity index (χ0v) is 7.66. The summed E-state index contributed by atoms with van der Waals surface area (Å²) in [6.45, 7) is 0.865. The van der Waals surface area contributed by atoms with Gasteiger partial charge in [-0.05, 0) is 6.07 Å². The highest BCUT2D eigenvalue weighted by Gasteiger charge is 2.14. The van der Waals surface area contributed by atoms with E-state index in [0.717, 1.165) is 29.9 Å². The standard InChI is InChI=1S/C9H12N4O/c10-13-14-12-9-5-6-11-8-4-2-1-3-7(8)9/h1-4,11,13H,5-6,10H2/b12-9+. The van der Waals surface area contributed by atoms with Crippen LogP contribution in [0.3, 0.4) is 0 Å². The van der Waals surface area contributed by atoms with Gasteiger partial charge in [-0.25, -0.2) is 5.84 Å². The van der Waals surface area contributed by atoms with Gasteiger partial charge in [0.15, 0.2) is 0 Å². The van der Waals surface area contributed by atoms with Crippen LogP contribution in [-0.4, -0.2) is 12.3 Å². The topological polar surface area (TPSA) is 71.7 Å². The number of nitrogens with two attached hydrogens (primary N) is 1. The van der Waals surface area contributed by atoms with Crippen molar-refractivity contribution in [3.63, 3.8) is 0 Å². The zero-order chi connectivity index (χ0) is 9.80. The van der Waals surface area contributed by atoms with Gasteiger partial charge in [0.1, 0.15) is 0 Å². The van der Waals surface area contributed by atoms with E-state index in [0.29, 0.717) is 0 Å². The highest BCUT2D eigenvalue weighted by molar-refractivity contribution is 6.06. The van der Waals surface area contributed by atoms with Gasteiger partial charge >= 0.3 is 0 Å². The van der Waals surface area contributed by atoms with Crippen LogP contribution in [0.5, 0.6) is 0 Å². The molecule has 0 saturated carbocycles. The quantitative estimate of drug-likeness (QED) is 0.474. The van der Waals surface area contributed by atoms with E-state index in [1.54, 1.807) is 0 Å². The molecule has 14 heavy (non-hydrogen) atoms. The van der Waals surface area contributed by atoms with Crippen LogP contribution in [0.15, 0.2) is 29.4 Å². The molecule has 2 rings (SSSR count). The van der Waals surface area contributed by atoms with Crippen LogP contribution in [0.1, 0.15) is 12.0 Å². The second-order valence-electron chi connectivity index (χ2n) is 2.97. The van der Waals surface area contributed by atoms with Gasteiger partial charge in [0.2, 0.25) is 0 Å². The Labute approximate surface area is 81.8 Å². The molecular weight excluding hydrogens is 180 g/mol. The summed E-state index contributed by atoms with van der Waals surface area (Å²) in [5.41, 5.74) is 5.08. The normalized spacial score (nSPS) is 17.4. The average Bonchev–Trinajstić information content (AvgIpc) is 2.26. The minimum absolute atomic E-state index is 0.832. The molecule has 0 bridgehead atoms. The predicted octanol–water partition coefficient (Wildman–Crippen LogP) is 0.601. The first-order valence-corrected chi connectivity index (χ1v) is 4.43. The molecule has 1 aliphatic rings. The van der Waals surface area contributed by atoms with Crippen molar-refractivity contribution in [2.45, 2.75) is 6.42 Å². The lowest BCUT2D eigenvalue weighted by atomic mass is 10.0. The lowest BCUT2D eigenvalue weighted by molar-refractivity contribution is 0.0465. The minimum atomic E-state index is 0.832. The summed E-state index contributed by atoms with van der Waals surface area (Å²) in [5.74, 6) is 4.97. The fourth-order valence-corrected chi connectivity index (χ4v) is 1.52. The van der Waals surface area contributed by atoms with Crippen molar-refractivity contribution in [3.05, 3.63) is 29.8 Å². The number of benzene rings is 1. The summed E-state index contributed by atoms with van der Waals surface area (Å²) in [4.78, 5) is 4.62. The van der Waals surface area contributed by atoms with Crippen LogP contribution >= 0.6 is 0 Å². The second-order valence-corrected chi connectivity index (χ2v) is 2.97. The van der Waals surface area contributed by atoms with E-state index in [4.69, 9.17) is 5.84 Å². The molecule has 0 amide bonds. The van der Waals surface area contributed by atoms with E-state index in [1.807, 2.05) is 29.9 Å². The molecule has 0 spiro atoms. The molecule has 1 aromatic carbocycles. The molecule has 0 unspecified atom stereocenters. The van der Waals surface area contributed by atoms with E-state index in [-0.39, 0.29) is 0 Å². The molecule has 0 saturated heterocycles. The second kappa shape index (κ2) is 4.08. The summed E-state index contributed by atoms with van der Waals surface area (Å²) in [5, 5.41) is 7.16. The summed E-state index contributed by atoms with van der Waals surface area (Å²) >= 11 is 0. The van der Waals surface area contributed by atoms with Crippen molar-refractivity contribution in [3.8, 4) is 0 Å². The van der Waals surface area contributed by atoms with Gasteiger partial charge in [-0.2, -0.15) is 0 Å². The number of hydrogen-bond acceptors (Lipinski definition) is 5. The number of nitrogens with zero attached hydrogens (tertiary/aromatic N) is 1. The fourth-order valence-electron chi connectivity index (χ4n) is 1.52. The maximum Gasteiger partial charge on any atom is 0.0933 e. The molecule has 5 nitrogen and oxygen atoms in total. The summed E-state index contributed by atoms with van der Waals surface area (Å²) in [6, 6.07) is 7.97. The number of rotatable bonds is 2. The first kappa shape index (κ1) is 8.98. The summed E-state index contributed by atoms with van der Waals surface area (Å²) in [7, 11) is 0. The van der Waals surface area contributed by atoms with Crippen molar-refractivity contribution in [2.24, 2.45) is 11.0 Å². The first-order valence-electron chi connectivity index (χ1n) is 4.43. The average molecular weight is 192 g/mol. The largest absolute Gasteiger partial charge is 0.384 e. The van der Waals surface area contributed by atoms with Crippen LogP contribution in [0.4, 0.5) is 5.69 Å².